The number of hydrogen-bond acceptors (Lipinski definition) is 6. The quantitative estimate of drug-likeness (QED) is 0.722. The number of nitrogens with zero attached hydrogens (tertiary/aromatic N) is 3. The lowest BCUT2D eigenvalue weighted by Crippen LogP contribution is -2.49. The fraction of sp³-hybridized carbons (Fsp3) is 0.350. The lowest BCUT2D eigenvalue weighted by Gasteiger charge is -2.34. The molecule has 0 radical (unpaired) electrons. The fourth-order valence-corrected chi connectivity index (χ4v) is 2.92. The molecule has 0 bridgehead atoms. The Balaban J connectivity index is 1.47. The van der Waals surface area contributed by atoms with E-state index in [-0.39, 0.29) is 17.3 Å². The number of pyridine rings is 1. The van der Waals surface area contributed by atoms with Crippen LogP contribution in [0.25, 0.3) is 0 Å². The van der Waals surface area contributed by atoms with Crippen molar-refractivity contribution in [1.29, 1.82) is 0 Å². The van der Waals surface area contributed by atoms with Crippen molar-refractivity contribution in [3.63, 3.8) is 0 Å². The Bertz CT molecular complexity index is 774. The third-order valence-corrected chi connectivity index (χ3v) is 4.44. The van der Waals surface area contributed by atoms with Crippen molar-refractivity contribution in [2.75, 3.05) is 46.4 Å². The molecule has 0 N–H and O–H groups in total. The molecule has 0 saturated carbocycles. The summed E-state index contributed by atoms with van der Waals surface area (Å²) in [5, 5.41) is 0. The molecule has 142 valence electrons. The first kappa shape index (κ1) is 18.8. The highest BCUT2D eigenvalue weighted by atomic mass is 16.5. The van der Waals surface area contributed by atoms with Gasteiger partial charge in [0, 0.05) is 32.7 Å². The van der Waals surface area contributed by atoms with Crippen LogP contribution in [0.15, 0.2) is 48.5 Å². The summed E-state index contributed by atoms with van der Waals surface area (Å²) in [6.45, 7) is 4.22. The first-order valence-corrected chi connectivity index (χ1v) is 8.92. The van der Waals surface area contributed by atoms with E-state index in [0.29, 0.717) is 19.7 Å². The fourth-order valence-electron chi connectivity index (χ4n) is 2.92. The van der Waals surface area contributed by atoms with Gasteiger partial charge in [0.15, 0.2) is 0 Å². The molecule has 7 heteroatoms. The van der Waals surface area contributed by atoms with Crippen LogP contribution < -0.4 is 4.74 Å². The lowest BCUT2D eigenvalue weighted by molar-refractivity contribution is 0.0591. The summed E-state index contributed by atoms with van der Waals surface area (Å²) in [7, 11) is 1.29. The first-order chi connectivity index (χ1) is 13.2. The smallest absolute Gasteiger partial charge is 0.356 e. The zero-order valence-corrected chi connectivity index (χ0v) is 15.3. The van der Waals surface area contributed by atoms with Gasteiger partial charge in [-0.15, -0.1) is 0 Å². The monoisotopic (exact) mass is 369 g/mol. The molecule has 1 aliphatic heterocycles. The van der Waals surface area contributed by atoms with Gasteiger partial charge in [0.25, 0.3) is 5.91 Å². The number of piperazine rings is 1. The highest BCUT2D eigenvalue weighted by Crippen LogP contribution is 2.10. The van der Waals surface area contributed by atoms with Gasteiger partial charge in [-0.3, -0.25) is 9.69 Å². The van der Waals surface area contributed by atoms with Crippen molar-refractivity contribution in [3.05, 3.63) is 59.9 Å². The molecule has 1 saturated heterocycles. The summed E-state index contributed by atoms with van der Waals surface area (Å²) >= 11 is 0. The van der Waals surface area contributed by atoms with Crippen LogP contribution in [-0.4, -0.2) is 73.1 Å². The van der Waals surface area contributed by atoms with E-state index in [2.05, 4.69) is 14.6 Å². The second-order valence-electron chi connectivity index (χ2n) is 6.20. The second kappa shape index (κ2) is 9.14. The predicted molar refractivity (Wildman–Crippen MR) is 99.9 cm³/mol. The third-order valence-electron chi connectivity index (χ3n) is 4.44. The van der Waals surface area contributed by atoms with Crippen molar-refractivity contribution in [1.82, 2.24) is 14.8 Å². The van der Waals surface area contributed by atoms with Crippen LogP contribution in [0.3, 0.4) is 0 Å². The van der Waals surface area contributed by atoms with Crippen molar-refractivity contribution < 1.29 is 19.1 Å². The maximum Gasteiger partial charge on any atom is 0.356 e. The maximum absolute atomic E-state index is 12.6. The number of ether oxygens (including phenoxy) is 2. The Morgan fingerprint density at radius 2 is 1.67 bits per heavy atom. The Labute approximate surface area is 158 Å². The number of hydrogen-bond donors (Lipinski definition) is 0. The number of carbonyl (C=O) groups excluding carboxylic acids is 2. The number of carbonyl (C=O) groups is 2. The topological polar surface area (TPSA) is 72.0 Å². The average molecular weight is 369 g/mol. The molecule has 0 aliphatic carbocycles. The summed E-state index contributed by atoms with van der Waals surface area (Å²) in [4.78, 5) is 32.4. The molecule has 0 spiro atoms. The highest BCUT2D eigenvalue weighted by Gasteiger charge is 2.23. The van der Waals surface area contributed by atoms with Crippen LogP contribution >= 0.6 is 0 Å². The molecule has 1 aromatic heterocycles. The van der Waals surface area contributed by atoms with Crippen LogP contribution in [0.4, 0.5) is 0 Å². The highest BCUT2D eigenvalue weighted by molar-refractivity contribution is 5.94. The minimum absolute atomic E-state index is 0.139. The Morgan fingerprint density at radius 3 is 2.37 bits per heavy atom. The molecule has 2 heterocycles. The molecule has 1 aromatic carbocycles. The third kappa shape index (κ3) is 5.04. The van der Waals surface area contributed by atoms with Crippen molar-refractivity contribution in [2.45, 2.75) is 0 Å². The lowest BCUT2D eigenvalue weighted by atomic mass is 10.2. The largest absolute Gasteiger partial charge is 0.492 e. The van der Waals surface area contributed by atoms with E-state index in [1.54, 1.807) is 17.0 Å². The average Bonchev–Trinajstić information content (AvgIpc) is 2.74. The van der Waals surface area contributed by atoms with Gasteiger partial charge in [-0.1, -0.05) is 24.3 Å². The SMILES string of the molecule is COC(=O)c1cccc(C(=O)N2CCN(CCOc3ccccc3)CC2)n1. The van der Waals surface area contributed by atoms with E-state index in [9.17, 15) is 9.59 Å². The molecule has 3 rings (SSSR count). The van der Waals surface area contributed by atoms with Gasteiger partial charge in [-0.2, -0.15) is 0 Å². The molecule has 1 aliphatic rings. The number of benzene rings is 1. The number of amides is 1. The zero-order valence-electron chi connectivity index (χ0n) is 15.3. The summed E-state index contributed by atoms with van der Waals surface area (Å²) < 4.78 is 10.4. The van der Waals surface area contributed by atoms with Gasteiger partial charge >= 0.3 is 5.97 Å². The summed E-state index contributed by atoms with van der Waals surface area (Å²) in [5.41, 5.74) is 0.402. The van der Waals surface area contributed by atoms with E-state index in [0.717, 1.165) is 25.4 Å². The molecular formula is C20H23N3O4. The van der Waals surface area contributed by atoms with Crippen LogP contribution in [0, 0.1) is 0 Å². The standard InChI is InChI=1S/C20H23N3O4/c1-26-20(25)18-9-5-8-17(21-18)19(24)23-12-10-22(11-13-23)14-15-27-16-6-3-2-4-7-16/h2-9H,10-15H2,1H3. The van der Waals surface area contributed by atoms with Crippen LogP contribution in [0.2, 0.25) is 0 Å². The number of para-hydroxylation sites is 1. The van der Waals surface area contributed by atoms with E-state index >= 15 is 0 Å². The summed E-state index contributed by atoms with van der Waals surface area (Å²) in [6, 6.07) is 14.5. The minimum atomic E-state index is -0.548. The minimum Gasteiger partial charge on any atom is -0.492 e. The van der Waals surface area contributed by atoms with Crippen LogP contribution in [-0.2, 0) is 4.74 Å². The molecule has 1 amide bonds. The number of aromatic nitrogens is 1. The van der Waals surface area contributed by atoms with Crippen molar-refractivity contribution in [2.24, 2.45) is 0 Å². The Morgan fingerprint density at radius 1 is 0.963 bits per heavy atom. The number of esters is 1. The van der Waals surface area contributed by atoms with Crippen molar-refractivity contribution >= 4 is 11.9 Å². The van der Waals surface area contributed by atoms with E-state index in [4.69, 9.17) is 4.74 Å². The number of rotatable bonds is 6. The van der Waals surface area contributed by atoms with E-state index < -0.39 is 5.97 Å². The van der Waals surface area contributed by atoms with Crippen LogP contribution in [0.1, 0.15) is 21.0 Å². The van der Waals surface area contributed by atoms with Crippen LogP contribution in [0.5, 0.6) is 5.75 Å². The Hall–Kier alpha value is -2.93. The molecule has 0 atom stereocenters. The van der Waals surface area contributed by atoms with Gasteiger partial charge in [-0.05, 0) is 24.3 Å². The molecule has 7 nitrogen and oxygen atoms in total. The van der Waals surface area contributed by atoms with Gasteiger partial charge < -0.3 is 14.4 Å². The first-order valence-electron chi connectivity index (χ1n) is 8.92. The predicted octanol–water partition coefficient (Wildman–Crippen LogP) is 1.70. The van der Waals surface area contributed by atoms with Gasteiger partial charge in [0.05, 0.1) is 7.11 Å². The summed E-state index contributed by atoms with van der Waals surface area (Å²) in [5.74, 6) is 0.150. The van der Waals surface area contributed by atoms with E-state index in [1.165, 1.54) is 13.2 Å². The van der Waals surface area contributed by atoms with Crippen molar-refractivity contribution in [3.8, 4) is 5.75 Å². The molecule has 0 unspecified atom stereocenters. The molecule has 2 aromatic rings. The second-order valence-corrected chi connectivity index (χ2v) is 6.20. The summed E-state index contributed by atoms with van der Waals surface area (Å²) in [6.07, 6.45) is 0. The van der Waals surface area contributed by atoms with Gasteiger partial charge in [0.2, 0.25) is 0 Å². The van der Waals surface area contributed by atoms with E-state index in [1.807, 2.05) is 30.3 Å². The normalized spacial score (nSPS) is 14.6. The van der Waals surface area contributed by atoms with Gasteiger partial charge in [0.1, 0.15) is 23.7 Å². The zero-order chi connectivity index (χ0) is 19.1. The number of methoxy groups -OCH3 is 1. The molecule has 1 fully saturated rings. The maximum atomic E-state index is 12.6. The van der Waals surface area contributed by atoms with Gasteiger partial charge in [-0.25, -0.2) is 9.78 Å². The molecule has 27 heavy (non-hydrogen) atoms. The molecular weight excluding hydrogens is 346 g/mol. The Kier molecular flexibility index (Phi) is 6.38.